The number of hydrogen-bond donors (Lipinski definition) is 0. The molecule has 0 spiro atoms. The number of benzene rings is 9. The Hall–Kier alpha value is -5.81. The molecule has 0 heterocycles. The predicted molar refractivity (Wildman–Crippen MR) is 258 cm³/mol. The van der Waals surface area contributed by atoms with E-state index in [0.29, 0.717) is 0 Å². The van der Waals surface area contributed by atoms with Crippen LogP contribution < -0.4 is 47.7 Å². The van der Waals surface area contributed by atoms with E-state index in [4.69, 9.17) is 8.62 Å². The molecule has 9 rings (SSSR count). The molecule has 0 aliphatic heterocycles. The van der Waals surface area contributed by atoms with Crippen molar-refractivity contribution in [1.29, 1.82) is 0 Å². The van der Waals surface area contributed by atoms with Crippen molar-refractivity contribution in [3.8, 4) is 0 Å². The van der Waals surface area contributed by atoms with Gasteiger partial charge >= 0.3 is 351 Å². The van der Waals surface area contributed by atoms with Crippen LogP contribution in [0, 0.1) is 0 Å². The molecule has 2 nitrogen and oxygen atoms in total. The van der Waals surface area contributed by atoms with Crippen LogP contribution in [0.25, 0.3) is 0 Å². The first-order chi connectivity index (χ1) is 29.2. The molecule has 0 aromatic heterocycles. The molecule has 0 amide bonds. The van der Waals surface area contributed by atoms with Crippen LogP contribution in [-0.2, 0) is 8.62 Å². The zero-order chi connectivity index (χ0) is 39.9. The summed E-state index contributed by atoms with van der Waals surface area (Å²) in [5.74, 6) is 0. The Morgan fingerprint density at radius 1 is 0.203 bits per heavy atom. The molecule has 0 aliphatic rings. The van der Waals surface area contributed by atoms with E-state index >= 15 is 0 Å². The van der Waals surface area contributed by atoms with Crippen LogP contribution in [0.5, 0.6) is 0 Å². The first-order valence-electron chi connectivity index (χ1n) is 19.9. The summed E-state index contributed by atoms with van der Waals surface area (Å²) in [7, 11) is -2.00. The van der Waals surface area contributed by atoms with Crippen molar-refractivity contribution in [2.45, 2.75) is 0 Å². The minimum absolute atomic E-state index is 0.975. The summed E-state index contributed by atoms with van der Waals surface area (Å²) in [5.41, 5.74) is 0. The second-order valence-corrected chi connectivity index (χ2v) is 25.1. The van der Waals surface area contributed by atoms with Gasteiger partial charge in [-0.25, -0.2) is 0 Å². The summed E-state index contributed by atoms with van der Waals surface area (Å²) >= 11 is 0. The molecule has 0 fully saturated rings. The molecule has 0 N–H and O–H groups in total. The molecule has 0 saturated carbocycles. The summed E-state index contributed by atoms with van der Waals surface area (Å²) in [6.45, 7) is -8.53. The Labute approximate surface area is 349 Å². The van der Waals surface area contributed by atoms with Crippen LogP contribution in [-0.4, -0.2) is 0 Å². The number of hydrogen-bond acceptors (Lipinski definition) is 2. The summed E-state index contributed by atoms with van der Waals surface area (Å²) in [4.78, 5) is 0. The molecular weight excluding hydrogens is 774 g/mol. The van der Waals surface area contributed by atoms with E-state index in [1.54, 1.807) is 0 Å². The fraction of sp³-hybridized carbons (Fsp3) is 0. The summed E-state index contributed by atoms with van der Waals surface area (Å²) in [5, 5.41) is 9.70. The molecule has 9 aromatic carbocycles. The molecule has 0 bridgehead atoms. The second kappa shape index (κ2) is 16.4. The van der Waals surface area contributed by atoms with Gasteiger partial charge in [-0.15, -0.1) is 0 Å². The molecule has 59 heavy (non-hydrogen) atoms. The normalized spacial score (nSPS) is 13.6. The standard InChI is InChI=1S/C54H45O2P3/c1-10-28-46(29-11-1)57(55-58(47-30-12-2-13-31-47,48-32-14-3-15-33-48,49-34-16-4-17-35-49)50-36-18-5-19-37-50)56-59(51-38-20-6-21-39-51,52-40-22-7-23-41-52,53-42-24-8-25-43-53)54-44-26-9-27-45-54/h1-45H. The molecule has 0 atom stereocenters. The van der Waals surface area contributed by atoms with Crippen molar-refractivity contribution in [2.75, 3.05) is 0 Å². The molecule has 288 valence electrons. The summed E-state index contributed by atoms with van der Waals surface area (Å²) in [6, 6.07) is 97.7. The molecule has 0 unspecified atom stereocenters. The van der Waals surface area contributed by atoms with Crippen LogP contribution >= 0.6 is 22.0 Å². The quantitative estimate of drug-likeness (QED) is 0.108. The molecule has 0 aliphatic carbocycles. The third-order valence-electron chi connectivity index (χ3n) is 11.4. The van der Waals surface area contributed by atoms with Crippen LogP contribution in [0.1, 0.15) is 0 Å². The average molecular weight is 819 g/mol. The van der Waals surface area contributed by atoms with E-state index in [-0.39, 0.29) is 0 Å². The maximum atomic E-state index is 8.73. The molecule has 0 saturated heterocycles. The van der Waals surface area contributed by atoms with E-state index in [1.807, 2.05) is 0 Å². The Balaban J connectivity index is 1.49. The van der Waals surface area contributed by atoms with Crippen LogP contribution in [0.2, 0.25) is 0 Å². The Bertz CT molecular complexity index is 2200. The molecule has 9 aromatic rings. The van der Waals surface area contributed by atoms with E-state index < -0.39 is 22.0 Å². The third-order valence-corrected chi connectivity index (χ3v) is 26.2. The van der Waals surface area contributed by atoms with Crippen molar-refractivity contribution >= 4 is 69.8 Å². The third kappa shape index (κ3) is 6.15. The van der Waals surface area contributed by atoms with Crippen LogP contribution in [0.3, 0.4) is 0 Å². The number of rotatable bonds is 13. The van der Waals surface area contributed by atoms with Gasteiger partial charge in [-0.05, 0) is 0 Å². The topological polar surface area (TPSA) is 18.5 Å². The van der Waals surface area contributed by atoms with E-state index in [9.17, 15) is 0 Å². The van der Waals surface area contributed by atoms with Gasteiger partial charge in [-0.2, -0.15) is 0 Å². The first-order valence-corrected chi connectivity index (χ1v) is 25.4. The van der Waals surface area contributed by atoms with Crippen LogP contribution in [0.4, 0.5) is 0 Å². The molecular formula is C54H45O2P3. The summed E-state index contributed by atoms with van der Waals surface area (Å²) in [6.07, 6.45) is 0. The van der Waals surface area contributed by atoms with E-state index in [2.05, 4.69) is 273 Å². The van der Waals surface area contributed by atoms with Gasteiger partial charge < -0.3 is 0 Å². The van der Waals surface area contributed by atoms with Crippen molar-refractivity contribution in [2.24, 2.45) is 0 Å². The van der Waals surface area contributed by atoms with Crippen molar-refractivity contribution in [3.05, 3.63) is 273 Å². The Morgan fingerprint density at radius 3 is 0.525 bits per heavy atom. The zero-order valence-corrected chi connectivity index (χ0v) is 35.3. The van der Waals surface area contributed by atoms with Crippen molar-refractivity contribution in [1.82, 2.24) is 0 Å². The predicted octanol–water partition coefficient (Wildman–Crippen LogP) is 10.2. The van der Waals surface area contributed by atoms with Crippen LogP contribution in [0.15, 0.2) is 273 Å². The van der Waals surface area contributed by atoms with Gasteiger partial charge in [0, 0.05) is 0 Å². The Morgan fingerprint density at radius 2 is 0.356 bits per heavy atom. The van der Waals surface area contributed by atoms with E-state index in [1.165, 1.54) is 0 Å². The maximum absolute atomic E-state index is 8.73. The Kier molecular flexibility index (Phi) is 10.8. The van der Waals surface area contributed by atoms with Crippen molar-refractivity contribution < 1.29 is 8.62 Å². The van der Waals surface area contributed by atoms with Gasteiger partial charge in [0.2, 0.25) is 0 Å². The molecule has 0 radical (unpaired) electrons. The average Bonchev–Trinajstić information content (AvgIpc) is 3.35. The van der Waals surface area contributed by atoms with Gasteiger partial charge in [0.25, 0.3) is 0 Å². The van der Waals surface area contributed by atoms with Crippen molar-refractivity contribution in [3.63, 3.8) is 0 Å². The first kappa shape index (κ1) is 38.7. The second-order valence-electron chi connectivity index (χ2n) is 14.5. The van der Waals surface area contributed by atoms with Gasteiger partial charge in [-0.3, -0.25) is 0 Å². The monoisotopic (exact) mass is 818 g/mol. The molecule has 5 heteroatoms. The zero-order valence-electron chi connectivity index (χ0n) is 32.6. The van der Waals surface area contributed by atoms with Gasteiger partial charge in [-0.1, -0.05) is 0 Å². The summed E-state index contributed by atoms with van der Waals surface area (Å²) < 4.78 is 17.5. The van der Waals surface area contributed by atoms with E-state index in [0.717, 1.165) is 47.7 Å². The fourth-order valence-electron chi connectivity index (χ4n) is 8.82. The minimum atomic E-state index is -4.26. The van der Waals surface area contributed by atoms with Gasteiger partial charge in [0.1, 0.15) is 0 Å². The fourth-order valence-corrected chi connectivity index (χ4v) is 25.3. The SMILES string of the molecule is c1ccc(P(OP(c2ccccc2)(c2ccccc2)(c2ccccc2)c2ccccc2)OP(c2ccccc2)(c2ccccc2)(c2ccccc2)c2ccccc2)cc1. The van der Waals surface area contributed by atoms with Gasteiger partial charge in [0.15, 0.2) is 0 Å². The van der Waals surface area contributed by atoms with Gasteiger partial charge in [0.05, 0.1) is 0 Å².